The Bertz CT molecular complexity index is 1010. The molecule has 4 rings (SSSR count). The monoisotopic (exact) mass is 374 g/mol. The second-order valence-corrected chi connectivity index (χ2v) is 8.26. The van der Waals surface area contributed by atoms with Crippen molar-refractivity contribution in [3.8, 4) is 0 Å². The number of anilines is 1. The van der Waals surface area contributed by atoms with Gasteiger partial charge in [-0.15, -0.1) is 0 Å². The van der Waals surface area contributed by atoms with Gasteiger partial charge in [0.25, 0.3) is 5.91 Å². The molecule has 0 spiro atoms. The molecule has 2 aromatic heterocycles. The van der Waals surface area contributed by atoms with Crippen LogP contribution in [0.1, 0.15) is 49.0 Å². The molecule has 5 nitrogen and oxygen atoms in total. The number of hydrogen-bond donors (Lipinski definition) is 2. The van der Waals surface area contributed by atoms with E-state index in [0.29, 0.717) is 17.3 Å². The number of carbonyl (C=O) groups excluding carboxylic acids is 1. The van der Waals surface area contributed by atoms with E-state index in [4.69, 9.17) is 4.98 Å². The number of nitrogens with one attached hydrogen (secondary N) is 2. The number of hydrogen-bond acceptors (Lipinski definition) is 3. The number of amides is 1. The largest absolute Gasteiger partial charge is 0.373 e. The highest BCUT2D eigenvalue weighted by molar-refractivity contribution is 6.04. The molecular formula is C23H26N4O. The van der Waals surface area contributed by atoms with Gasteiger partial charge >= 0.3 is 0 Å². The number of benzene rings is 1. The zero-order valence-electron chi connectivity index (χ0n) is 16.6. The summed E-state index contributed by atoms with van der Waals surface area (Å²) in [6.07, 6.45) is 7.55. The van der Waals surface area contributed by atoms with E-state index in [0.717, 1.165) is 24.0 Å². The molecule has 0 fully saturated rings. The van der Waals surface area contributed by atoms with E-state index < -0.39 is 0 Å². The van der Waals surface area contributed by atoms with E-state index in [2.05, 4.69) is 48.2 Å². The molecule has 1 unspecified atom stereocenters. The Kier molecular flexibility index (Phi) is 4.67. The summed E-state index contributed by atoms with van der Waals surface area (Å²) in [5, 5.41) is 2.91. The second-order valence-electron chi connectivity index (χ2n) is 8.26. The first kappa shape index (κ1) is 18.3. The van der Waals surface area contributed by atoms with Gasteiger partial charge in [0, 0.05) is 35.3 Å². The molecule has 1 amide bonds. The maximum Gasteiger partial charge on any atom is 0.256 e. The maximum absolute atomic E-state index is 12.4. The normalized spacial score (nSPS) is 17.1. The predicted octanol–water partition coefficient (Wildman–Crippen LogP) is 4.92. The van der Waals surface area contributed by atoms with Crippen LogP contribution in [0.25, 0.3) is 11.0 Å². The van der Waals surface area contributed by atoms with Gasteiger partial charge in [-0.2, -0.15) is 0 Å². The fraction of sp³-hybridized carbons (Fsp3) is 0.304. The van der Waals surface area contributed by atoms with Gasteiger partial charge in [-0.1, -0.05) is 24.3 Å². The van der Waals surface area contributed by atoms with Crippen LogP contribution in [0.3, 0.4) is 0 Å². The van der Waals surface area contributed by atoms with Gasteiger partial charge in [-0.05, 0) is 57.7 Å². The molecule has 0 saturated heterocycles. The minimum Gasteiger partial charge on any atom is -0.373 e. The summed E-state index contributed by atoms with van der Waals surface area (Å²) in [5.41, 5.74) is 3.84. The Hall–Kier alpha value is -3.08. The lowest BCUT2D eigenvalue weighted by atomic mass is 9.92. The van der Waals surface area contributed by atoms with Crippen LogP contribution in [-0.2, 0) is 0 Å². The average Bonchev–Trinajstić information content (AvgIpc) is 3.11. The molecule has 5 heteroatoms. The molecule has 0 bridgehead atoms. The number of allylic oxidation sites excluding steroid dienone is 1. The molecule has 0 radical (unpaired) electrons. The molecule has 144 valence electrons. The molecule has 1 aliphatic heterocycles. The van der Waals surface area contributed by atoms with Crippen molar-refractivity contribution in [3.05, 3.63) is 72.1 Å². The average molecular weight is 374 g/mol. The number of pyridine rings is 1. The number of aromatic amines is 1. The Morgan fingerprint density at radius 2 is 1.96 bits per heavy atom. The van der Waals surface area contributed by atoms with Crippen molar-refractivity contribution < 1.29 is 4.79 Å². The molecular weight excluding hydrogens is 348 g/mol. The van der Waals surface area contributed by atoms with Crippen molar-refractivity contribution in [1.29, 1.82) is 0 Å². The highest BCUT2D eigenvalue weighted by atomic mass is 16.1. The summed E-state index contributed by atoms with van der Waals surface area (Å²) in [4.78, 5) is 22.9. The van der Waals surface area contributed by atoms with Gasteiger partial charge in [-0.3, -0.25) is 4.79 Å². The molecule has 0 saturated carbocycles. The van der Waals surface area contributed by atoms with Gasteiger partial charge in [0.2, 0.25) is 0 Å². The number of carbonyl (C=O) groups is 1. The third-order valence-electron chi connectivity index (χ3n) is 5.27. The zero-order valence-corrected chi connectivity index (χ0v) is 16.6. The van der Waals surface area contributed by atoms with Crippen LogP contribution in [0, 0.1) is 0 Å². The summed E-state index contributed by atoms with van der Waals surface area (Å²) < 4.78 is 0. The summed E-state index contributed by atoms with van der Waals surface area (Å²) >= 11 is 0. The van der Waals surface area contributed by atoms with Crippen molar-refractivity contribution in [1.82, 2.24) is 14.9 Å². The lowest BCUT2D eigenvalue weighted by Crippen LogP contribution is -2.39. The van der Waals surface area contributed by atoms with Crippen molar-refractivity contribution in [2.45, 2.75) is 38.6 Å². The lowest BCUT2D eigenvalue weighted by molar-refractivity contribution is 0.102. The zero-order chi connectivity index (χ0) is 19.7. The van der Waals surface area contributed by atoms with Crippen molar-refractivity contribution in [2.75, 3.05) is 11.9 Å². The Morgan fingerprint density at radius 1 is 1.18 bits per heavy atom. The smallest absolute Gasteiger partial charge is 0.256 e. The number of H-pyrrole nitrogens is 1. The van der Waals surface area contributed by atoms with E-state index in [1.54, 1.807) is 12.1 Å². The highest BCUT2D eigenvalue weighted by Crippen LogP contribution is 2.32. The summed E-state index contributed by atoms with van der Waals surface area (Å²) in [5.74, 6) is 0.737. The first-order valence-electron chi connectivity index (χ1n) is 9.71. The van der Waals surface area contributed by atoms with Crippen molar-refractivity contribution in [2.24, 2.45) is 0 Å². The molecule has 2 N–H and O–H groups in total. The first-order chi connectivity index (χ1) is 13.4. The molecule has 1 atom stereocenters. The lowest BCUT2D eigenvalue weighted by Gasteiger charge is -2.38. The Morgan fingerprint density at radius 3 is 2.64 bits per heavy atom. The second kappa shape index (κ2) is 7.15. The van der Waals surface area contributed by atoms with Gasteiger partial charge in [0.1, 0.15) is 5.82 Å². The van der Waals surface area contributed by atoms with Crippen molar-refractivity contribution >= 4 is 22.8 Å². The number of rotatable bonds is 3. The van der Waals surface area contributed by atoms with Gasteiger partial charge in [0.15, 0.2) is 0 Å². The van der Waals surface area contributed by atoms with Crippen LogP contribution in [-0.4, -0.2) is 32.9 Å². The topological polar surface area (TPSA) is 61.0 Å². The van der Waals surface area contributed by atoms with Crippen LogP contribution in [0.2, 0.25) is 0 Å². The van der Waals surface area contributed by atoms with Gasteiger partial charge in [0.05, 0.1) is 11.0 Å². The number of nitrogens with zero attached hydrogens (tertiary/aromatic N) is 2. The minimum absolute atomic E-state index is 0.134. The van der Waals surface area contributed by atoms with Gasteiger partial charge < -0.3 is 15.2 Å². The molecule has 1 aromatic carbocycles. The maximum atomic E-state index is 12.4. The molecule has 3 heterocycles. The molecule has 1 aliphatic rings. The SMILES string of the molecule is CC(C)(C)N1C=CC(c2c[nH]c3ccc(NC(=O)c4ccccc4)nc23)CC1. The van der Waals surface area contributed by atoms with E-state index in [1.807, 2.05) is 36.5 Å². The summed E-state index contributed by atoms with van der Waals surface area (Å²) in [6, 6.07) is 13.0. The van der Waals surface area contributed by atoms with Crippen LogP contribution >= 0.6 is 0 Å². The fourth-order valence-electron chi connectivity index (χ4n) is 3.62. The van der Waals surface area contributed by atoms with Crippen molar-refractivity contribution in [3.63, 3.8) is 0 Å². The van der Waals surface area contributed by atoms with Crippen LogP contribution in [0.4, 0.5) is 5.82 Å². The van der Waals surface area contributed by atoms with E-state index >= 15 is 0 Å². The summed E-state index contributed by atoms with van der Waals surface area (Å²) in [7, 11) is 0. The third-order valence-corrected chi connectivity index (χ3v) is 5.27. The van der Waals surface area contributed by atoms with Crippen LogP contribution in [0.5, 0.6) is 0 Å². The predicted molar refractivity (Wildman–Crippen MR) is 113 cm³/mol. The standard InChI is InChI=1S/C23H26N4O/c1-23(2,3)27-13-11-16(12-14-27)18-15-24-19-9-10-20(25-21(18)19)26-22(28)17-7-5-4-6-8-17/h4-11,13,15-16,24H,12,14H2,1-3H3,(H,25,26,28). The fourth-order valence-corrected chi connectivity index (χ4v) is 3.62. The number of fused-ring (bicyclic) bond motifs is 1. The van der Waals surface area contributed by atoms with E-state index in [-0.39, 0.29) is 11.4 Å². The molecule has 28 heavy (non-hydrogen) atoms. The first-order valence-corrected chi connectivity index (χ1v) is 9.71. The van der Waals surface area contributed by atoms with Crippen LogP contribution < -0.4 is 5.32 Å². The van der Waals surface area contributed by atoms with Crippen LogP contribution in [0.15, 0.2) is 60.9 Å². The quantitative estimate of drug-likeness (QED) is 0.684. The molecule has 0 aliphatic carbocycles. The minimum atomic E-state index is -0.150. The Labute approximate surface area is 165 Å². The Balaban J connectivity index is 1.58. The highest BCUT2D eigenvalue weighted by Gasteiger charge is 2.24. The van der Waals surface area contributed by atoms with E-state index in [1.165, 1.54) is 5.56 Å². The van der Waals surface area contributed by atoms with E-state index in [9.17, 15) is 4.79 Å². The third kappa shape index (κ3) is 3.65. The van der Waals surface area contributed by atoms with Gasteiger partial charge in [-0.25, -0.2) is 4.98 Å². The molecule has 3 aromatic rings. The summed E-state index contributed by atoms with van der Waals surface area (Å²) in [6.45, 7) is 7.70. The number of aromatic nitrogens is 2.